The fourth-order valence-electron chi connectivity index (χ4n) is 3.07. The van der Waals surface area contributed by atoms with Crippen LogP contribution in [0.2, 0.25) is 0 Å². The lowest BCUT2D eigenvalue weighted by Gasteiger charge is -2.34. The average Bonchev–Trinajstić information content (AvgIpc) is 2.69. The Balaban J connectivity index is 1.87. The largest absolute Gasteiger partial charge is 0.494 e. The molecular weight excluding hydrogens is 362 g/mol. The van der Waals surface area contributed by atoms with E-state index in [4.69, 9.17) is 10.5 Å². The maximum atomic E-state index is 11.5. The normalized spacial score (nSPS) is 14.7. The number of nitrogens with zero attached hydrogens (tertiary/aromatic N) is 5. The maximum Gasteiger partial charge on any atom is 0.353 e. The molecule has 150 valence electrons. The molecule has 1 aliphatic heterocycles. The number of piperazine rings is 1. The highest BCUT2D eigenvalue weighted by molar-refractivity contribution is 5.74. The van der Waals surface area contributed by atoms with E-state index in [-0.39, 0.29) is 17.3 Å². The van der Waals surface area contributed by atoms with Crippen molar-refractivity contribution in [1.29, 1.82) is 0 Å². The second kappa shape index (κ2) is 8.70. The van der Waals surface area contributed by atoms with Gasteiger partial charge in [0.15, 0.2) is 0 Å². The molecule has 1 aromatic heterocycles. The summed E-state index contributed by atoms with van der Waals surface area (Å²) in [5.41, 5.74) is 6.23. The standard InChI is InChI=1S/C18H25N7O3/c1-3-23-9-11-24(12-10-23)18-21-16(19)15(25(26)27)17(22-18)20-13-5-7-14(8-6-13)28-4-2/h5-8H,3-4,9-12H2,1-2H3,(H3,19,20,21,22). The van der Waals surface area contributed by atoms with Crippen LogP contribution in [0.25, 0.3) is 0 Å². The van der Waals surface area contributed by atoms with E-state index in [0.29, 0.717) is 18.2 Å². The molecule has 1 aromatic carbocycles. The number of hydrogen-bond acceptors (Lipinski definition) is 9. The number of rotatable bonds is 7. The SMILES string of the molecule is CCOc1ccc(Nc2nc(N3CCN(CC)CC3)nc(N)c2[N+](=O)[O-])cc1. The maximum absolute atomic E-state index is 11.5. The Bertz CT molecular complexity index is 821. The summed E-state index contributed by atoms with van der Waals surface area (Å²) in [6.07, 6.45) is 0. The molecule has 0 bridgehead atoms. The van der Waals surface area contributed by atoms with Crippen molar-refractivity contribution < 1.29 is 9.66 Å². The fraction of sp³-hybridized carbons (Fsp3) is 0.444. The number of aromatic nitrogens is 2. The zero-order chi connectivity index (χ0) is 20.1. The van der Waals surface area contributed by atoms with Crippen LogP contribution in [0.4, 0.5) is 29.0 Å². The number of nitrogens with one attached hydrogen (secondary N) is 1. The first-order chi connectivity index (χ1) is 13.5. The zero-order valence-corrected chi connectivity index (χ0v) is 16.1. The van der Waals surface area contributed by atoms with Crippen molar-refractivity contribution in [3.8, 4) is 5.75 Å². The average molecular weight is 387 g/mol. The summed E-state index contributed by atoms with van der Waals surface area (Å²) >= 11 is 0. The first-order valence-corrected chi connectivity index (χ1v) is 9.30. The van der Waals surface area contributed by atoms with Gasteiger partial charge in [-0.25, -0.2) is 0 Å². The molecule has 3 N–H and O–H groups in total. The third-order valence-corrected chi connectivity index (χ3v) is 4.61. The molecule has 2 aromatic rings. The minimum Gasteiger partial charge on any atom is -0.494 e. The van der Waals surface area contributed by atoms with Crippen LogP contribution in [-0.4, -0.2) is 59.1 Å². The predicted octanol–water partition coefficient (Wildman–Crippen LogP) is 2.25. The molecule has 0 radical (unpaired) electrons. The lowest BCUT2D eigenvalue weighted by Crippen LogP contribution is -2.46. The fourth-order valence-corrected chi connectivity index (χ4v) is 3.07. The first-order valence-electron chi connectivity index (χ1n) is 9.30. The highest BCUT2D eigenvalue weighted by Crippen LogP contribution is 2.32. The second-order valence-electron chi connectivity index (χ2n) is 6.37. The quantitative estimate of drug-likeness (QED) is 0.544. The highest BCUT2D eigenvalue weighted by Gasteiger charge is 2.26. The van der Waals surface area contributed by atoms with Gasteiger partial charge in [-0.15, -0.1) is 0 Å². The van der Waals surface area contributed by atoms with Gasteiger partial charge in [0.1, 0.15) is 5.75 Å². The van der Waals surface area contributed by atoms with Crippen molar-refractivity contribution in [3.05, 3.63) is 34.4 Å². The van der Waals surface area contributed by atoms with E-state index in [1.165, 1.54) is 0 Å². The molecule has 1 fully saturated rings. The molecule has 3 rings (SSSR count). The summed E-state index contributed by atoms with van der Waals surface area (Å²) in [5.74, 6) is 1.04. The van der Waals surface area contributed by atoms with Gasteiger partial charge in [0, 0.05) is 31.9 Å². The van der Waals surface area contributed by atoms with Crippen molar-refractivity contribution in [2.75, 3.05) is 55.3 Å². The van der Waals surface area contributed by atoms with Crippen LogP contribution >= 0.6 is 0 Å². The van der Waals surface area contributed by atoms with Crippen LogP contribution in [0.1, 0.15) is 13.8 Å². The van der Waals surface area contributed by atoms with Gasteiger partial charge in [-0.3, -0.25) is 10.1 Å². The van der Waals surface area contributed by atoms with Gasteiger partial charge in [-0.2, -0.15) is 9.97 Å². The summed E-state index contributed by atoms with van der Waals surface area (Å²) in [6, 6.07) is 7.11. The molecule has 0 saturated carbocycles. The number of benzene rings is 1. The van der Waals surface area contributed by atoms with Crippen LogP contribution in [0.5, 0.6) is 5.75 Å². The van der Waals surface area contributed by atoms with Gasteiger partial charge in [0.25, 0.3) is 0 Å². The van der Waals surface area contributed by atoms with E-state index in [0.717, 1.165) is 38.5 Å². The van der Waals surface area contributed by atoms with E-state index in [2.05, 4.69) is 27.1 Å². The van der Waals surface area contributed by atoms with E-state index >= 15 is 0 Å². The van der Waals surface area contributed by atoms with Gasteiger partial charge in [-0.1, -0.05) is 6.92 Å². The molecular formula is C18H25N7O3. The number of likely N-dealkylation sites (N-methyl/N-ethyl adjacent to an activating group) is 1. The number of ether oxygens (including phenoxy) is 1. The number of anilines is 4. The third-order valence-electron chi connectivity index (χ3n) is 4.61. The Morgan fingerprint density at radius 3 is 2.43 bits per heavy atom. The van der Waals surface area contributed by atoms with Crippen molar-refractivity contribution in [1.82, 2.24) is 14.9 Å². The smallest absolute Gasteiger partial charge is 0.353 e. The Labute approximate surface area is 163 Å². The molecule has 1 aliphatic rings. The summed E-state index contributed by atoms with van der Waals surface area (Å²) in [4.78, 5) is 23.9. The lowest BCUT2D eigenvalue weighted by atomic mass is 10.3. The molecule has 0 atom stereocenters. The Kier molecular flexibility index (Phi) is 6.09. The topological polar surface area (TPSA) is 123 Å². The van der Waals surface area contributed by atoms with Crippen molar-refractivity contribution in [3.63, 3.8) is 0 Å². The van der Waals surface area contributed by atoms with Crippen molar-refractivity contribution in [2.45, 2.75) is 13.8 Å². The molecule has 10 heteroatoms. The van der Waals surface area contributed by atoms with Gasteiger partial charge >= 0.3 is 5.69 Å². The monoisotopic (exact) mass is 387 g/mol. The van der Waals surface area contributed by atoms with E-state index in [9.17, 15) is 10.1 Å². The van der Waals surface area contributed by atoms with Gasteiger partial charge in [0.05, 0.1) is 11.5 Å². The number of nitro groups is 1. The van der Waals surface area contributed by atoms with E-state index in [1.807, 2.05) is 11.8 Å². The van der Waals surface area contributed by atoms with Gasteiger partial charge < -0.3 is 25.6 Å². The highest BCUT2D eigenvalue weighted by atomic mass is 16.6. The Morgan fingerprint density at radius 2 is 1.86 bits per heavy atom. The number of nitrogen functional groups attached to an aromatic ring is 1. The zero-order valence-electron chi connectivity index (χ0n) is 16.1. The van der Waals surface area contributed by atoms with E-state index < -0.39 is 4.92 Å². The number of nitrogens with two attached hydrogens (primary N) is 1. The van der Waals surface area contributed by atoms with Crippen molar-refractivity contribution >= 4 is 29.0 Å². The molecule has 0 aliphatic carbocycles. The minimum absolute atomic E-state index is 0.0783. The Morgan fingerprint density at radius 1 is 1.18 bits per heavy atom. The molecule has 0 amide bonds. The lowest BCUT2D eigenvalue weighted by molar-refractivity contribution is -0.383. The Hall–Kier alpha value is -3.14. The summed E-state index contributed by atoms with van der Waals surface area (Å²) in [6.45, 7) is 8.84. The van der Waals surface area contributed by atoms with Crippen LogP contribution < -0.4 is 20.7 Å². The molecule has 0 unspecified atom stereocenters. The van der Waals surface area contributed by atoms with Gasteiger partial charge in [-0.05, 0) is 37.7 Å². The molecule has 1 saturated heterocycles. The third kappa shape index (κ3) is 4.39. The van der Waals surface area contributed by atoms with Crippen molar-refractivity contribution in [2.24, 2.45) is 0 Å². The first kappa shape index (κ1) is 19.6. The van der Waals surface area contributed by atoms with Crippen LogP contribution in [-0.2, 0) is 0 Å². The second-order valence-corrected chi connectivity index (χ2v) is 6.37. The summed E-state index contributed by atoms with van der Waals surface area (Å²) in [7, 11) is 0. The molecule has 0 spiro atoms. The molecule has 28 heavy (non-hydrogen) atoms. The van der Waals surface area contributed by atoms with Crippen LogP contribution in [0, 0.1) is 10.1 Å². The molecule has 2 heterocycles. The van der Waals surface area contributed by atoms with E-state index in [1.54, 1.807) is 24.3 Å². The number of hydrogen-bond donors (Lipinski definition) is 2. The van der Waals surface area contributed by atoms with Crippen LogP contribution in [0.3, 0.4) is 0 Å². The van der Waals surface area contributed by atoms with Crippen LogP contribution in [0.15, 0.2) is 24.3 Å². The predicted molar refractivity (Wildman–Crippen MR) is 108 cm³/mol. The summed E-state index contributed by atoms with van der Waals surface area (Å²) in [5, 5.41) is 14.5. The van der Waals surface area contributed by atoms with Gasteiger partial charge in [0.2, 0.25) is 17.6 Å². The summed E-state index contributed by atoms with van der Waals surface area (Å²) < 4.78 is 5.42. The molecule has 10 nitrogen and oxygen atoms in total. The minimum atomic E-state index is -0.564.